The Kier molecular flexibility index (Phi) is 6.31. The van der Waals surface area contributed by atoms with Gasteiger partial charge in [-0.05, 0) is 55.8 Å². The molecular formula is C21H23ClF2N2O2S. The Labute approximate surface area is 175 Å². The molecule has 4 rings (SSSR count). The average molecular weight is 441 g/mol. The molecule has 2 aromatic carbocycles. The predicted molar refractivity (Wildman–Crippen MR) is 111 cm³/mol. The summed E-state index contributed by atoms with van der Waals surface area (Å²) in [5.41, 5.74) is 0.972. The molecule has 0 N–H and O–H groups in total. The van der Waals surface area contributed by atoms with Gasteiger partial charge in [-0.1, -0.05) is 6.92 Å². The molecular weight excluding hydrogens is 418 g/mol. The lowest BCUT2D eigenvalue weighted by molar-refractivity contribution is 0.197. The molecule has 0 atom stereocenters. The highest BCUT2D eigenvalue weighted by molar-refractivity contribution is 7.91. The summed E-state index contributed by atoms with van der Waals surface area (Å²) in [6, 6.07) is 9.50. The summed E-state index contributed by atoms with van der Waals surface area (Å²) in [5.74, 6) is -1.83. The van der Waals surface area contributed by atoms with Gasteiger partial charge in [0.05, 0.1) is 9.79 Å². The molecule has 0 bridgehead atoms. The van der Waals surface area contributed by atoms with Crippen molar-refractivity contribution in [1.29, 1.82) is 0 Å². The zero-order valence-corrected chi connectivity index (χ0v) is 17.6. The fraction of sp³-hybridized carbons (Fsp3) is 0.333. The first-order valence-corrected chi connectivity index (χ1v) is 10.9. The molecule has 0 amide bonds. The number of likely N-dealkylation sites (tertiary alicyclic amines) is 1. The lowest BCUT2D eigenvalue weighted by Crippen LogP contribution is -2.34. The van der Waals surface area contributed by atoms with E-state index < -0.39 is 21.5 Å². The number of piperidine rings is 1. The largest absolute Gasteiger partial charge is 0.344 e. The van der Waals surface area contributed by atoms with Crippen LogP contribution in [0.2, 0.25) is 0 Å². The van der Waals surface area contributed by atoms with Crippen LogP contribution in [0.15, 0.2) is 58.5 Å². The highest BCUT2D eigenvalue weighted by atomic mass is 35.5. The Morgan fingerprint density at radius 3 is 2.24 bits per heavy atom. The Morgan fingerprint density at radius 1 is 0.966 bits per heavy atom. The molecule has 3 aromatic rings. The number of sulfone groups is 1. The van der Waals surface area contributed by atoms with E-state index in [1.165, 1.54) is 6.07 Å². The third kappa shape index (κ3) is 4.17. The van der Waals surface area contributed by atoms with E-state index >= 15 is 0 Å². The zero-order valence-electron chi connectivity index (χ0n) is 16.0. The van der Waals surface area contributed by atoms with Gasteiger partial charge in [0.2, 0.25) is 9.84 Å². The lowest BCUT2D eigenvalue weighted by atomic mass is 10.0. The number of hydrogen-bond acceptors (Lipinski definition) is 3. The number of nitrogens with zero attached hydrogens (tertiary/aromatic N) is 2. The zero-order chi connectivity index (χ0) is 19.9. The van der Waals surface area contributed by atoms with Gasteiger partial charge in [0.25, 0.3) is 0 Å². The van der Waals surface area contributed by atoms with Gasteiger partial charge in [-0.3, -0.25) is 0 Å². The van der Waals surface area contributed by atoms with Crippen LogP contribution in [-0.2, 0) is 9.84 Å². The van der Waals surface area contributed by atoms with Crippen LogP contribution in [0.5, 0.6) is 0 Å². The van der Waals surface area contributed by atoms with Crippen molar-refractivity contribution in [3.63, 3.8) is 0 Å². The Balaban J connectivity index is 0.00000240. The molecule has 1 aliphatic rings. The van der Waals surface area contributed by atoms with Gasteiger partial charge < -0.3 is 9.47 Å². The van der Waals surface area contributed by atoms with Crippen LogP contribution in [0.1, 0.15) is 25.8 Å². The van der Waals surface area contributed by atoms with Crippen LogP contribution in [-0.4, -0.2) is 37.5 Å². The van der Waals surface area contributed by atoms with Crippen molar-refractivity contribution in [2.45, 2.75) is 35.6 Å². The fourth-order valence-corrected chi connectivity index (χ4v) is 5.30. The maximum absolute atomic E-state index is 13.5. The molecule has 29 heavy (non-hydrogen) atoms. The van der Waals surface area contributed by atoms with Gasteiger partial charge in [0.1, 0.15) is 11.6 Å². The minimum absolute atomic E-state index is 0. The van der Waals surface area contributed by atoms with Gasteiger partial charge in [-0.2, -0.15) is 0 Å². The molecule has 0 spiro atoms. The van der Waals surface area contributed by atoms with Crippen molar-refractivity contribution in [2.75, 3.05) is 19.6 Å². The van der Waals surface area contributed by atoms with Gasteiger partial charge in [-0.15, -0.1) is 12.4 Å². The first kappa shape index (κ1) is 21.7. The molecule has 1 aliphatic heterocycles. The summed E-state index contributed by atoms with van der Waals surface area (Å²) in [5, 5.41) is 0.802. The number of rotatable bonds is 4. The second-order valence-corrected chi connectivity index (χ2v) is 9.17. The number of aromatic nitrogens is 1. The van der Waals surface area contributed by atoms with Crippen LogP contribution in [0.4, 0.5) is 8.78 Å². The third-order valence-electron chi connectivity index (χ3n) is 5.55. The van der Waals surface area contributed by atoms with Gasteiger partial charge in [0, 0.05) is 42.3 Å². The molecule has 1 aromatic heterocycles. The quantitative estimate of drug-likeness (QED) is 0.583. The van der Waals surface area contributed by atoms with Gasteiger partial charge in [-0.25, -0.2) is 17.2 Å². The van der Waals surface area contributed by atoms with E-state index in [2.05, 4.69) is 16.4 Å². The van der Waals surface area contributed by atoms with E-state index in [4.69, 9.17) is 0 Å². The first-order chi connectivity index (χ1) is 13.4. The fourth-order valence-electron chi connectivity index (χ4n) is 3.96. The molecule has 1 saturated heterocycles. The second-order valence-electron chi connectivity index (χ2n) is 7.22. The van der Waals surface area contributed by atoms with E-state index in [0.29, 0.717) is 12.1 Å². The number of hydrogen-bond donors (Lipinski definition) is 0. The van der Waals surface area contributed by atoms with Crippen molar-refractivity contribution < 1.29 is 17.2 Å². The smallest absolute Gasteiger partial charge is 0.206 e. The molecule has 2 heterocycles. The van der Waals surface area contributed by atoms with Crippen molar-refractivity contribution in [3.8, 4) is 0 Å². The minimum atomic E-state index is -4.00. The summed E-state index contributed by atoms with van der Waals surface area (Å²) in [7, 11) is -4.00. The van der Waals surface area contributed by atoms with Crippen molar-refractivity contribution >= 4 is 33.1 Å². The van der Waals surface area contributed by atoms with Crippen LogP contribution >= 0.6 is 12.4 Å². The highest BCUT2D eigenvalue weighted by Gasteiger charge is 2.23. The van der Waals surface area contributed by atoms with Crippen LogP contribution in [0.3, 0.4) is 0 Å². The lowest BCUT2D eigenvalue weighted by Gasteiger charge is -2.32. The summed E-state index contributed by atoms with van der Waals surface area (Å²) in [6.07, 6.45) is 4.11. The van der Waals surface area contributed by atoms with Crippen LogP contribution in [0.25, 0.3) is 10.9 Å². The molecule has 4 nitrogen and oxygen atoms in total. The van der Waals surface area contributed by atoms with Gasteiger partial charge >= 0.3 is 0 Å². The molecule has 0 saturated carbocycles. The predicted octanol–water partition coefficient (Wildman–Crippen LogP) is 4.83. The molecule has 0 unspecified atom stereocenters. The Bertz CT molecular complexity index is 1100. The van der Waals surface area contributed by atoms with Crippen molar-refractivity contribution in [3.05, 3.63) is 60.3 Å². The van der Waals surface area contributed by atoms with E-state index in [9.17, 15) is 17.2 Å². The molecule has 0 radical (unpaired) electrons. The normalized spacial score (nSPS) is 16.1. The van der Waals surface area contributed by atoms with E-state index in [0.717, 1.165) is 55.5 Å². The number of halogens is 3. The van der Waals surface area contributed by atoms with Crippen molar-refractivity contribution in [1.82, 2.24) is 9.47 Å². The number of benzene rings is 2. The summed E-state index contributed by atoms with van der Waals surface area (Å²) < 4.78 is 54.8. The van der Waals surface area contributed by atoms with E-state index in [1.807, 2.05) is 12.3 Å². The topological polar surface area (TPSA) is 42.3 Å². The highest BCUT2D eigenvalue weighted by Crippen LogP contribution is 2.30. The maximum atomic E-state index is 13.5. The van der Waals surface area contributed by atoms with Crippen LogP contribution < -0.4 is 0 Å². The summed E-state index contributed by atoms with van der Waals surface area (Å²) in [4.78, 5) is 2.07. The molecule has 1 fully saturated rings. The molecule has 156 valence electrons. The standard InChI is InChI=1S/C21H22F2N2O2S.ClH/c1-2-24-8-6-18(7-9-24)25-10-5-15-11-19(3-4-21(15)25)28(26,27)20-13-16(22)12-17(23)14-20;/h3-5,10-14,18H,2,6-9H2,1H3;1H. The first-order valence-electron chi connectivity index (χ1n) is 9.42. The summed E-state index contributed by atoms with van der Waals surface area (Å²) >= 11 is 0. The number of fused-ring (bicyclic) bond motifs is 1. The average Bonchev–Trinajstić information content (AvgIpc) is 3.10. The van der Waals surface area contributed by atoms with E-state index in [1.54, 1.807) is 12.1 Å². The minimum Gasteiger partial charge on any atom is -0.344 e. The van der Waals surface area contributed by atoms with Gasteiger partial charge in [0.15, 0.2) is 0 Å². The van der Waals surface area contributed by atoms with Crippen molar-refractivity contribution in [2.24, 2.45) is 0 Å². The Hall–Kier alpha value is -1.96. The maximum Gasteiger partial charge on any atom is 0.206 e. The molecule has 8 heteroatoms. The van der Waals surface area contributed by atoms with E-state index in [-0.39, 0.29) is 22.2 Å². The molecule has 0 aliphatic carbocycles. The Morgan fingerprint density at radius 2 is 1.62 bits per heavy atom. The summed E-state index contributed by atoms with van der Waals surface area (Å²) in [6.45, 7) is 5.33. The monoisotopic (exact) mass is 440 g/mol. The SMILES string of the molecule is CCN1CCC(n2ccc3cc(S(=O)(=O)c4cc(F)cc(F)c4)ccc32)CC1.Cl. The third-order valence-corrected chi connectivity index (χ3v) is 7.28. The van der Waals surface area contributed by atoms with Crippen LogP contribution in [0, 0.1) is 11.6 Å². The second kappa shape index (κ2) is 8.42.